The highest BCUT2D eigenvalue weighted by Crippen LogP contribution is 2.15. The molecule has 1 aliphatic rings. The fourth-order valence-electron chi connectivity index (χ4n) is 2.36. The molecule has 0 spiro atoms. The molecule has 102 valence electrons. The molecule has 1 aromatic heterocycles. The van der Waals surface area contributed by atoms with E-state index in [0.29, 0.717) is 5.92 Å². The molecule has 0 amide bonds. The van der Waals surface area contributed by atoms with Gasteiger partial charge in [0.2, 0.25) is 0 Å². The summed E-state index contributed by atoms with van der Waals surface area (Å²) in [7, 11) is 0. The molecule has 0 aliphatic carbocycles. The highest BCUT2D eigenvalue weighted by Gasteiger charge is 2.09. The van der Waals surface area contributed by atoms with Gasteiger partial charge in [-0.05, 0) is 25.3 Å². The maximum atomic E-state index is 4.72. The van der Waals surface area contributed by atoms with Crippen molar-refractivity contribution in [3.05, 3.63) is 16.1 Å². The molecule has 2 rings (SSSR count). The molecule has 0 bridgehead atoms. The molecule has 3 nitrogen and oxygen atoms in total. The Labute approximate surface area is 115 Å². The van der Waals surface area contributed by atoms with Crippen LogP contribution >= 0.6 is 11.3 Å². The zero-order chi connectivity index (χ0) is 12.8. The third-order valence-corrected chi connectivity index (χ3v) is 4.25. The van der Waals surface area contributed by atoms with Crippen LogP contribution in [-0.4, -0.2) is 42.6 Å². The van der Waals surface area contributed by atoms with Crippen LogP contribution in [0.5, 0.6) is 0 Å². The first-order valence-electron chi connectivity index (χ1n) is 7.10. The largest absolute Gasteiger partial charge is 0.314 e. The first-order chi connectivity index (χ1) is 8.74. The lowest BCUT2D eigenvalue weighted by Gasteiger charge is -2.26. The van der Waals surface area contributed by atoms with Crippen molar-refractivity contribution in [3.63, 3.8) is 0 Å². The zero-order valence-electron chi connectivity index (χ0n) is 11.6. The van der Waals surface area contributed by atoms with Gasteiger partial charge >= 0.3 is 0 Å². The van der Waals surface area contributed by atoms with Crippen molar-refractivity contribution < 1.29 is 0 Å². The van der Waals surface area contributed by atoms with Gasteiger partial charge in [-0.3, -0.25) is 0 Å². The van der Waals surface area contributed by atoms with E-state index in [1.54, 1.807) is 0 Å². The van der Waals surface area contributed by atoms with Gasteiger partial charge in [-0.1, -0.05) is 13.8 Å². The van der Waals surface area contributed by atoms with Crippen LogP contribution in [0.4, 0.5) is 0 Å². The quantitative estimate of drug-likeness (QED) is 0.856. The summed E-state index contributed by atoms with van der Waals surface area (Å²) in [6.45, 7) is 10.4. The minimum Gasteiger partial charge on any atom is -0.314 e. The van der Waals surface area contributed by atoms with Gasteiger partial charge in [-0.15, -0.1) is 11.3 Å². The lowest BCUT2D eigenvalue weighted by atomic mass is 10.1. The van der Waals surface area contributed by atoms with Crippen LogP contribution in [0.2, 0.25) is 0 Å². The van der Waals surface area contributed by atoms with Crippen LogP contribution in [0, 0.1) is 5.92 Å². The average Bonchev–Trinajstić information content (AvgIpc) is 2.77. The van der Waals surface area contributed by atoms with E-state index in [2.05, 4.69) is 29.4 Å². The van der Waals surface area contributed by atoms with Gasteiger partial charge in [-0.2, -0.15) is 0 Å². The standard InChI is InChI=1S/C14H25N3S/c1-12(2)10-13-11-18-14(16-13)4-3-7-17-8-5-15-6-9-17/h11-12,15H,3-10H2,1-2H3. The van der Waals surface area contributed by atoms with Crippen molar-refractivity contribution >= 4 is 11.3 Å². The first-order valence-corrected chi connectivity index (χ1v) is 7.98. The Bertz CT molecular complexity index is 343. The van der Waals surface area contributed by atoms with E-state index in [1.165, 1.54) is 36.8 Å². The molecule has 18 heavy (non-hydrogen) atoms. The molecule has 4 heteroatoms. The molecule has 0 radical (unpaired) electrons. The lowest BCUT2D eigenvalue weighted by Crippen LogP contribution is -2.43. The number of piperazine rings is 1. The van der Waals surface area contributed by atoms with Crippen LogP contribution in [0.25, 0.3) is 0 Å². The monoisotopic (exact) mass is 267 g/mol. The lowest BCUT2D eigenvalue weighted by molar-refractivity contribution is 0.238. The summed E-state index contributed by atoms with van der Waals surface area (Å²) in [6, 6.07) is 0. The SMILES string of the molecule is CC(C)Cc1csc(CCCN2CCNCC2)n1. The maximum Gasteiger partial charge on any atom is 0.0928 e. The maximum absolute atomic E-state index is 4.72. The summed E-state index contributed by atoms with van der Waals surface area (Å²) in [5.41, 5.74) is 1.28. The number of thiazole rings is 1. The second kappa shape index (κ2) is 7.22. The van der Waals surface area contributed by atoms with Crippen LogP contribution in [0.1, 0.15) is 31.0 Å². The molecule has 1 fully saturated rings. The summed E-state index contributed by atoms with van der Waals surface area (Å²) >= 11 is 1.84. The summed E-state index contributed by atoms with van der Waals surface area (Å²) in [4.78, 5) is 7.28. The van der Waals surface area contributed by atoms with E-state index in [0.717, 1.165) is 25.9 Å². The number of aromatic nitrogens is 1. The van der Waals surface area contributed by atoms with Gasteiger partial charge < -0.3 is 10.2 Å². The number of aryl methyl sites for hydroxylation is 1. The topological polar surface area (TPSA) is 28.2 Å². The molecule has 1 N–H and O–H groups in total. The summed E-state index contributed by atoms with van der Waals surface area (Å²) in [5.74, 6) is 0.709. The van der Waals surface area contributed by atoms with Crippen molar-refractivity contribution in [1.82, 2.24) is 15.2 Å². The van der Waals surface area contributed by atoms with E-state index in [4.69, 9.17) is 4.98 Å². The molecule has 0 unspecified atom stereocenters. The summed E-state index contributed by atoms with van der Waals surface area (Å²) in [6.07, 6.45) is 3.51. The smallest absolute Gasteiger partial charge is 0.0928 e. The number of hydrogen-bond donors (Lipinski definition) is 1. The number of nitrogens with one attached hydrogen (secondary N) is 1. The number of nitrogens with zero attached hydrogens (tertiary/aromatic N) is 2. The van der Waals surface area contributed by atoms with Gasteiger partial charge in [0.05, 0.1) is 10.7 Å². The van der Waals surface area contributed by atoms with E-state index in [1.807, 2.05) is 11.3 Å². The van der Waals surface area contributed by atoms with Crippen molar-refractivity contribution in [2.45, 2.75) is 33.1 Å². The van der Waals surface area contributed by atoms with E-state index in [9.17, 15) is 0 Å². The summed E-state index contributed by atoms with van der Waals surface area (Å²) < 4.78 is 0. The van der Waals surface area contributed by atoms with Gasteiger partial charge in [0.25, 0.3) is 0 Å². The molecule has 2 heterocycles. The Morgan fingerprint density at radius 3 is 2.89 bits per heavy atom. The third-order valence-electron chi connectivity index (χ3n) is 3.29. The van der Waals surface area contributed by atoms with E-state index < -0.39 is 0 Å². The van der Waals surface area contributed by atoms with Crippen molar-refractivity contribution in [2.75, 3.05) is 32.7 Å². The molecule has 1 aliphatic heterocycles. The van der Waals surface area contributed by atoms with E-state index in [-0.39, 0.29) is 0 Å². The minimum atomic E-state index is 0.709. The Balaban J connectivity index is 1.67. The molecular formula is C14H25N3S. The van der Waals surface area contributed by atoms with Crippen molar-refractivity contribution in [2.24, 2.45) is 5.92 Å². The predicted octanol–water partition coefficient (Wildman–Crippen LogP) is 2.18. The van der Waals surface area contributed by atoms with Crippen LogP contribution in [0.15, 0.2) is 5.38 Å². The zero-order valence-corrected chi connectivity index (χ0v) is 12.4. The Hall–Kier alpha value is -0.450. The van der Waals surface area contributed by atoms with Crippen molar-refractivity contribution in [1.29, 1.82) is 0 Å². The molecule has 0 atom stereocenters. The Morgan fingerprint density at radius 1 is 1.39 bits per heavy atom. The third kappa shape index (κ3) is 4.67. The van der Waals surface area contributed by atoms with Crippen LogP contribution in [-0.2, 0) is 12.8 Å². The van der Waals surface area contributed by atoms with Gasteiger partial charge in [0, 0.05) is 38.0 Å². The van der Waals surface area contributed by atoms with Gasteiger partial charge in [-0.25, -0.2) is 4.98 Å². The Morgan fingerprint density at radius 2 is 2.17 bits per heavy atom. The molecule has 1 aromatic rings. The van der Waals surface area contributed by atoms with Gasteiger partial charge in [0.1, 0.15) is 0 Å². The second-order valence-corrected chi connectivity index (χ2v) is 6.47. The average molecular weight is 267 g/mol. The molecule has 0 saturated carbocycles. The Kier molecular flexibility index (Phi) is 5.60. The molecule has 0 aromatic carbocycles. The first kappa shape index (κ1) is 14.0. The summed E-state index contributed by atoms with van der Waals surface area (Å²) in [5, 5.41) is 6.95. The van der Waals surface area contributed by atoms with Crippen LogP contribution < -0.4 is 5.32 Å². The number of rotatable bonds is 6. The normalized spacial score (nSPS) is 17.5. The number of hydrogen-bond acceptors (Lipinski definition) is 4. The fourth-order valence-corrected chi connectivity index (χ4v) is 3.22. The second-order valence-electron chi connectivity index (χ2n) is 5.53. The van der Waals surface area contributed by atoms with Crippen LogP contribution in [0.3, 0.4) is 0 Å². The highest BCUT2D eigenvalue weighted by molar-refractivity contribution is 7.09. The van der Waals surface area contributed by atoms with Crippen molar-refractivity contribution in [3.8, 4) is 0 Å². The van der Waals surface area contributed by atoms with Gasteiger partial charge in [0.15, 0.2) is 0 Å². The minimum absolute atomic E-state index is 0.709. The highest BCUT2D eigenvalue weighted by atomic mass is 32.1. The fraction of sp³-hybridized carbons (Fsp3) is 0.786. The molecule has 1 saturated heterocycles. The predicted molar refractivity (Wildman–Crippen MR) is 78.3 cm³/mol. The van der Waals surface area contributed by atoms with E-state index >= 15 is 0 Å². The molecular weight excluding hydrogens is 242 g/mol.